The van der Waals surface area contributed by atoms with Crippen LogP contribution in [0, 0.1) is 0 Å². The number of nitrogens with zero attached hydrogens (tertiary/aromatic N) is 5. The van der Waals surface area contributed by atoms with E-state index in [1.165, 1.54) is 4.90 Å². The van der Waals surface area contributed by atoms with Crippen LogP contribution < -0.4 is 10.6 Å². The minimum atomic E-state index is -4.34. The molecule has 0 aliphatic carbocycles. The average Bonchev–Trinajstić information content (AvgIpc) is 3.59. The fourth-order valence-electron chi connectivity index (χ4n) is 6.41. The fourth-order valence-corrected chi connectivity index (χ4v) is 6.41. The van der Waals surface area contributed by atoms with Crippen molar-refractivity contribution in [2.24, 2.45) is 0 Å². The maximum Gasteiger partial charge on any atom is 0.389 e. The van der Waals surface area contributed by atoms with Gasteiger partial charge in [0.05, 0.1) is 6.42 Å². The summed E-state index contributed by atoms with van der Waals surface area (Å²) < 4.78 is 39.2. The number of anilines is 2. The lowest BCUT2D eigenvalue weighted by molar-refractivity contribution is -0.148. The van der Waals surface area contributed by atoms with Crippen LogP contribution in [0.5, 0.6) is 0 Å². The number of fused-ring (bicyclic) bond motifs is 1. The molecule has 0 atom stereocenters. The largest absolute Gasteiger partial charge is 0.389 e. The van der Waals surface area contributed by atoms with Crippen LogP contribution in [0.4, 0.5) is 24.8 Å². The van der Waals surface area contributed by atoms with E-state index in [4.69, 9.17) is 0 Å². The van der Waals surface area contributed by atoms with Gasteiger partial charge < -0.3 is 20.4 Å². The van der Waals surface area contributed by atoms with E-state index in [0.29, 0.717) is 30.1 Å². The van der Waals surface area contributed by atoms with E-state index < -0.39 is 24.9 Å². The van der Waals surface area contributed by atoms with E-state index in [0.717, 1.165) is 62.1 Å². The van der Waals surface area contributed by atoms with Crippen LogP contribution in [-0.2, 0) is 4.79 Å². The fraction of sp³-hybridized carbons (Fsp3) is 0.467. The number of aromatic nitrogens is 3. The van der Waals surface area contributed by atoms with Crippen molar-refractivity contribution in [3.05, 3.63) is 59.8 Å². The highest BCUT2D eigenvalue weighted by molar-refractivity contribution is 5.95. The summed E-state index contributed by atoms with van der Waals surface area (Å²) in [5.74, 6) is -0.0124. The van der Waals surface area contributed by atoms with Crippen molar-refractivity contribution in [2.45, 2.75) is 56.7 Å². The third kappa shape index (κ3) is 5.85. The van der Waals surface area contributed by atoms with Gasteiger partial charge in [0.25, 0.3) is 5.91 Å². The first-order chi connectivity index (χ1) is 20.2. The van der Waals surface area contributed by atoms with E-state index in [1.807, 2.05) is 42.5 Å². The second-order valence-corrected chi connectivity index (χ2v) is 11.3. The van der Waals surface area contributed by atoms with Gasteiger partial charge in [0.1, 0.15) is 0 Å². The molecule has 2 saturated heterocycles. The highest BCUT2D eigenvalue weighted by Crippen LogP contribution is 2.38. The number of rotatable bonds is 6. The standard InChI is InChI=1S/C30H34F3N7O2/c31-30(32,33)12-8-25(41)38-19-9-21(10-20-38)24-3-1-18-40-26(24)36-28(37-40)35-23-6-4-22(5-7-23)27(42)39-17-2-11-29(39)13-15-34-16-14-29/h1,3-7,9,18,34H,2,8,10-17,19-20H2,(H,35,37). The summed E-state index contributed by atoms with van der Waals surface area (Å²) in [4.78, 5) is 33.8. The first-order valence-corrected chi connectivity index (χ1v) is 14.5. The summed E-state index contributed by atoms with van der Waals surface area (Å²) in [6.07, 6.45) is 2.29. The summed E-state index contributed by atoms with van der Waals surface area (Å²) in [7, 11) is 0. The first kappa shape index (κ1) is 28.2. The van der Waals surface area contributed by atoms with Crippen molar-refractivity contribution in [2.75, 3.05) is 38.0 Å². The van der Waals surface area contributed by atoms with Crippen molar-refractivity contribution in [3.63, 3.8) is 0 Å². The Labute approximate surface area is 241 Å². The van der Waals surface area contributed by atoms with Crippen molar-refractivity contribution in [3.8, 4) is 0 Å². The van der Waals surface area contributed by atoms with Gasteiger partial charge in [-0.2, -0.15) is 18.2 Å². The van der Waals surface area contributed by atoms with Crippen LogP contribution in [0.2, 0.25) is 0 Å². The Morgan fingerprint density at radius 1 is 1.05 bits per heavy atom. The molecule has 42 heavy (non-hydrogen) atoms. The van der Waals surface area contributed by atoms with Gasteiger partial charge in [-0.1, -0.05) is 6.08 Å². The number of hydrogen-bond donors (Lipinski definition) is 2. The number of halogens is 3. The van der Waals surface area contributed by atoms with Crippen molar-refractivity contribution in [1.29, 1.82) is 0 Å². The zero-order valence-corrected chi connectivity index (χ0v) is 23.3. The summed E-state index contributed by atoms with van der Waals surface area (Å²) in [6, 6.07) is 11.2. The minimum absolute atomic E-state index is 0.0217. The number of alkyl halides is 3. The molecule has 2 aromatic heterocycles. The molecular weight excluding hydrogens is 547 g/mol. The second-order valence-electron chi connectivity index (χ2n) is 11.3. The number of amides is 2. The summed E-state index contributed by atoms with van der Waals surface area (Å²) in [6.45, 7) is 3.30. The molecule has 1 aromatic carbocycles. The van der Waals surface area contributed by atoms with Gasteiger partial charge in [-0.25, -0.2) is 4.52 Å². The van der Waals surface area contributed by atoms with Gasteiger partial charge in [0.2, 0.25) is 11.9 Å². The lowest BCUT2D eigenvalue weighted by Gasteiger charge is -2.42. The lowest BCUT2D eigenvalue weighted by atomic mass is 9.85. The smallest absolute Gasteiger partial charge is 0.339 e. The quantitative estimate of drug-likeness (QED) is 0.435. The molecule has 3 aliphatic heterocycles. The van der Waals surface area contributed by atoms with Gasteiger partial charge in [0, 0.05) is 54.6 Å². The number of hydrogen-bond acceptors (Lipinski definition) is 6. The third-order valence-corrected chi connectivity index (χ3v) is 8.66. The highest BCUT2D eigenvalue weighted by Gasteiger charge is 2.44. The Morgan fingerprint density at radius 2 is 1.83 bits per heavy atom. The third-order valence-electron chi connectivity index (χ3n) is 8.66. The Bertz CT molecular complexity index is 1490. The molecule has 9 nitrogen and oxygen atoms in total. The van der Waals surface area contributed by atoms with E-state index in [-0.39, 0.29) is 18.0 Å². The number of carbonyl (C=O) groups is 2. The molecule has 0 unspecified atom stereocenters. The monoisotopic (exact) mass is 581 g/mol. The van der Waals surface area contributed by atoms with E-state index >= 15 is 0 Å². The van der Waals surface area contributed by atoms with Crippen molar-refractivity contribution in [1.82, 2.24) is 29.7 Å². The molecular formula is C30H34F3N7O2. The maximum atomic E-state index is 13.4. The summed E-state index contributed by atoms with van der Waals surface area (Å²) in [5, 5.41) is 11.2. The summed E-state index contributed by atoms with van der Waals surface area (Å²) >= 11 is 0. The molecule has 3 aliphatic rings. The molecule has 222 valence electrons. The molecule has 6 rings (SSSR count). The highest BCUT2D eigenvalue weighted by atomic mass is 19.4. The molecule has 0 radical (unpaired) electrons. The van der Waals surface area contributed by atoms with Crippen LogP contribution >= 0.6 is 0 Å². The molecule has 3 aromatic rings. The van der Waals surface area contributed by atoms with Crippen molar-refractivity contribution >= 4 is 34.7 Å². The number of pyridine rings is 1. The topological polar surface area (TPSA) is 94.9 Å². The molecule has 2 N–H and O–H groups in total. The second kappa shape index (κ2) is 11.4. The van der Waals surface area contributed by atoms with Gasteiger partial charge in [0.15, 0.2) is 5.65 Å². The molecule has 2 fully saturated rings. The Balaban J connectivity index is 1.12. The number of piperidine rings is 1. The Morgan fingerprint density at radius 3 is 2.55 bits per heavy atom. The average molecular weight is 582 g/mol. The van der Waals surface area contributed by atoms with E-state index in [2.05, 4.69) is 25.6 Å². The first-order valence-electron chi connectivity index (χ1n) is 14.5. The van der Waals surface area contributed by atoms with Crippen LogP contribution in [0.1, 0.15) is 60.9 Å². The SMILES string of the molecule is O=C(CCC(F)(F)F)N1CC=C(c2cccn3nc(Nc4ccc(C(=O)N5CCCC56CCNCC6)cc4)nc23)CC1. The van der Waals surface area contributed by atoms with Crippen molar-refractivity contribution < 1.29 is 22.8 Å². The van der Waals surface area contributed by atoms with E-state index in [1.54, 1.807) is 10.7 Å². The zero-order valence-electron chi connectivity index (χ0n) is 23.3. The molecule has 1 spiro atoms. The van der Waals surface area contributed by atoms with Crippen LogP contribution in [0.15, 0.2) is 48.7 Å². The predicted molar refractivity (Wildman–Crippen MR) is 152 cm³/mol. The molecule has 5 heterocycles. The molecule has 12 heteroatoms. The van der Waals surface area contributed by atoms with Gasteiger partial charge >= 0.3 is 6.18 Å². The lowest BCUT2D eigenvalue weighted by Crippen LogP contribution is -2.53. The predicted octanol–water partition coefficient (Wildman–Crippen LogP) is 4.79. The zero-order chi connectivity index (χ0) is 29.3. The van der Waals surface area contributed by atoms with Gasteiger partial charge in [-0.3, -0.25) is 9.59 Å². The normalized spacial score (nSPS) is 18.9. The number of carbonyl (C=O) groups excluding carboxylic acids is 2. The molecule has 2 amide bonds. The van der Waals surface area contributed by atoms with Crippen LogP contribution in [0.25, 0.3) is 11.2 Å². The van der Waals surface area contributed by atoms with Gasteiger partial charge in [-0.05, 0) is 87.2 Å². The molecule has 0 bridgehead atoms. The maximum absolute atomic E-state index is 13.4. The Hall–Kier alpha value is -3.93. The summed E-state index contributed by atoms with van der Waals surface area (Å²) in [5.41, 5.74) is 3.87. The number of likely N-dealkylation sites (tertiary alicyclic amines) is 1. The van der Waals surface area contributed by atoms with E-state index in [9.17, 15) is 22.8 Å². The number of nitrogens with one attached hydrogen (secondary N) is 2. The Kier molecular flexibility index (Phi) is 7.65. The van der Waals surface area contributed by atoms with Crippen LogP contribution in [-0.4, -0.2) is 80.7 Å². The van der Waals surface area contributed by atoms with Gasteiger partial charge in [-0.15, -0.1) is 5.10 Å². The minimum Gasteiger partial charge on any atom is -0.339 e. The molecule has 0 saturated carbocycles. The van der Waals surface area contributed by atoms with Crippen LogP contribution in [0.3, 0.4) is 0 Å². The number of benzene rings is 1.